The number of fused-ring (bicyclic) bond motifs is 2. The molecule has 0 aromatic heterocycles. The lowest BCUT2D eigenvalue weighted by molar-refractivity contribution is -0.134. The third-order valence-electron chi connectivity index (χ3n) is 5.38. The van der Waals surface area contributed by atoms with Crippen LogP contribution in [-0.2, 0) is 0 Å². The summed E-state index contributed by atoms with van der Waals surface area (Å²) in [4.78, 5) is 0. The van der Waals surface area contributed by atoms with Crippen molar-refractivity contribution in [3.63, 3.8) is 0 Å². The Balaban J connectivity index is 2.53. The Morgan fingerprint density at radius 2 is 1.69 bits per heavy atom. The molecule has 2 aliphatic carbocycles. The molecule has 4 atom stereocenters. The number of hydrogen-bond donors (Lipinski definition) is 2. The van der Waals surface area contributed by atoms with Gasteiger partial charge in [0.15, 0.2) is 0 Å². The normalized spacial score (nSPS) is 58.6. The van der Waals surface area contributed by atoms with Gasteiger partial charge in [-0.3, -0.25) is 0 Å². The van der Waals surface area contributed by atoms with Crippen molar-refractivity contribution in [2.45, 2.75) is 52.2 Å². The van der Waals surface area contributed by atoms with Gasteiger partial charge >= 0.3 is 0 Å². The molecule has 2 fully saturated rings. The molecule has 2 heteroatoms. The largest absolute Gasteiger partial charge is 0.390 e. The Morgan fingerprint density at radius 1 is 1.15 bits per heavy atom. The molecule has 2 saturated carbocycles. The van der Waals surface area contributed by atoms with Crippen LogP contribution in [0.1, 0.15) is 40.5 Å². The monoisotopic (exact) mass is 184 g/mol. The van der Waals surface area contributed by atoms with E-state index in [4.69, 9.17) is 0 Å². The fourth-order valence-electron chi connectivity index (χ4n) is 3.71. The highest BCUT2D eigenvalue weighted by molar-refractivity contribution is 5.20. The van der Waals surface area contributed by atoms with Crippen molar-refractivity contribution in [2.75, 3.05) is 0 Å². The molecular formula is C11H20O2. The van der Waals surface area contributed by atoms with Gasteiger partial charge < -0.3 is 10.2 Å². The Labute approximate surface area is 80.0 Å². The van der Waals surface area contributed by atoms with E-state index in [0.29, 0.717) is 0 Å². The fraction of sp³-hybridized carbons (Fsp3) is 1.00. The summed E-state index contributed by atoms with van der Waals surface area (Å²) in [5, 5.41) is 20.3. The summed E-state index contributed by atoms with van der Waals surface area (Å²) in [6.07, 6.45) is 1.55. The van der Waals surface area contributed by atoms with Crippen LogP contribution in [0.15, 0.2) is 0 Å². The predicted molar refractivity (Wildman–Crippen MR) is 51.2 cm³/mol. The highest BCUT2D eigenvalue weighted by Gasteiger charge is 2.71. The van der Waals surface area contributed by atoms with E-state index in [1.165, 1.54) is 0 Å². The van der Waals surface area contributed by atoms with Gasteiger partial charge in [-0.05, 0) is 31.1 Å². The average molecular weight is 184 g/mol. The summed E-state index contributed by atoms with van der Waals surface area (Å²) in [6.45, 7) is 8.26. The van der Waals surface area contributed by atoms with Gasteiger partial charge in [-0.15, -0.1) is 0 Å². The molecule has 0 saturated heterocycles. The van der Waals surface area contributed by atoms with E-state index >= 15 is 0 Å². The third kappa shape index (κ3) is 0.736. The second kappa shape index (κ2) is 2.12. The molecule has 2 bridgehead atoms. The Kier molecular flexibility index (Phi) is 1.54. The molecule has 0 aromatic carbocycles. The van der Waals surface area contributed by atoms with Crippen molar-refractivity contribution >= 4 is 0 Å². The van der Waals surface area contributed by atoms with Gasteiger partial charge in [-0.25, -0.2) is 0 Å². The molecule has 0 unspecified atom stereocenters. The summed E-state index contributed by atoms with van der Waals surface area (Å²) in [7, 11) is 0. The van der Waals surface area contributed by atoms with E-state index in [2.05, 4.69) is 20.8 Å². The van der Waals surface area contributed by atoms with Gasteiger partial charge in [-0.1, -0.05) is 20.8 Å². The lowest BCUT2D eigenvalue weighted by Crippen LogP contribution is -2.51. The van der Waals surface area contributed by atoms with Crippen LogP contribution in [-0.4, -0.2) is 21.9 Å². The lowest BCUT2D eigenvalue weighted by Gasteiger charge is -2.44. The van der Waals surface area contributed by atoms with Crippen LogP contribution in [0, 0.1) is 16.7 Å². The average Bonchev–Trinajstić information content (AvgIpc) is 2.26. The van der Waals surface area contributed by atoms with Crippen molar-refractivity contribution in [3.05, 3.63) is 0 Å². The van der Waals surface area contributed by atoms with Crippen LogP contribution in [0.2, 0.25) is 0 Å². The van der Waals surface area contributed by atoms with Crippen molar-refractivity contribution in [2.24, 2.45) is 16.7 Å². The minimum Gasteiger partial charge on any atom is -0.390 e. The molecule has 2 nitrogen and oxygen atoms in total. The van der Waals surface area contributed by atoms with Crippen LogP contribution in [0.3, 0.4) is 0 Å². The standard InChI is InChI=1S/C11H20O2/c1-9(2)7-5-6-10(9,3)11(4,13)8(7)12/h7-8,12-13H,5-6H2,1-4H3/t7-,8+,10-,11-/m0/s1. The summed E-state index contributed by atoms with van der Waals surface area (Å²) >= 11 is 0. The van der Waals surface area contributed by atoms with Gasteiger partial charge in [-0.2, -0.15) is 0 Å². The number of rotatable bonds is 0. The summed E-state index contributed by atoms with van der Waals surface area (Å²) in [5.74, 6) is 0.271. The molecule has 13 heavy (non-hydrogen) atoms. The molecule has 0 radical (unpaired) electrons. The first-order chi connectivity index (χ1) is 5.75. The summed E-state index contributed by atoms with van der Waals surface area (Å²) in [5.41, 5.74) is -0.959. The van der Waals surface area contributed by atoms with Crippen LogP contribution in [0.4, 0.5) is 0 Å². The Morgan fingerprint density at radius 3 is 1.92 bits per heavy atom. The van der Waals surface area contributed by atoms with E-state index in [1.807, 2.05) is 0 Å². The van der Waals surface area contributed by atoms with Crippen LogP contribution < -0.4 is 0 Å². The van der Waals surface area contributed by atoms with E-state index in [0.717, 1.165) is 12.8 Å². The van der Waals surface area contributed by atoms with Gasteiger partial charge in [0.05, 0.1) is 11.7 Å². The molecule has 0 aromatic rings. The van der Waals surface area contributed by atoms with E-state index in [1.54, 1.807) is 6.92 Å². The van der Waals surface area contributed by atoms with Gasteiger partial charge in [0.25, 0.3) is 0 Å². The first-order valence-electron chi connectivity index (χ1n) is 5.15. The van der Waals surface area contributed by atoms with Crippen LogP contribution in [0.25, 0.3) is 0 Å². The van der Waals surface area contributed by atoms with E-state index < -0.39 is 11.7 Å². The maximum atomic E-state index is 10.3. The summed E-state index contributed by atoms with van der Waals surface area (Å²) < 4.78 is 0. The zero-order valence-electron chi connectivity index (χ0n) is 8.96. The first kappa shape index (κ1) is 9.47. The number of hydrogen-bond acceptors (Lipinski definition) is 2. The maximum absolute atomic E-state index is 10.3. The highest BCUT2D eigenvalue weighted by Crippen LogP contribution is 2.69. The molecule has 0 amide bonds. The summed E-state index contributed by atoms with van der Waals surface area (Å²) in [6, 6.07) is 0. The fourth-order valence-corrected chi connectivity index (χ4v) is 3.71. The van der Waals surface area contributed by atoms with Gasteiger partial charge in [0.2, 0.25) is 0 Å². The zero-order valence-corrected chi connectivity index (χ0v) is 8.96. The zero-order chi connectivity index (χ0) is 10.1. The maximum Gasteiger partial charge on any atom is 0.0938 e. The molecule has 2 rings (SSSR count). The molecule has 0 spiro atoms. The lowest BCUT2D eigenvalue weighted by atomic mass is 9.65. The molecule has 2 N–H and O–H groups in total. The Hall–Kier alpha value is -0.0800. The molecule has 0 heterocycles. The first-order valence-corrected chi connectivity index (χ1v) is 5.15. The Bertz CT molecular complexity index is 234. The van der Waals surface area contributed by atoms with Crippen molar-refractivity contribution in [3.8, 4) is 0 Å². The van der Waals surface area contributed by atoms with Crippen molar-refractivity contribution < 1.29 is 10.2 Å². The minimum atomic E-state index is -0.903. The van der Waals surface area contributed by atoms with Gasteiger partial charge in [0, 0.05) is 5.41 Å². The van der Waals surface area contributed by atoms with Crippen LogP contribution >= 0.6 is 0 Å². The van der Waals surface area contributed by atoms with Crippen LogP contribution in [0.5, 0.6) is 0 Å². The molecular weight excluding hydrogens is 164 g/mol. The van der Waals surface area contributed by atoms with E-state index in [9.17, 15) is 10.2 Å². The van der Waals surface area contributed by atoms with Crippen molar-refractivity contribution in [1.29, 1.82) is 0 Å². The topological polar surface area (TPSA) is 40.5 Å². The smallest absolute Gasteiger partial charge is 0.0938 e. The molecule has 76 valence electrons. The highest BCUT2D eigenvalue weighted by atomic mass is 16.3. The second-order valence-corrected chi connectivity index (χ2v) is 5.79. The second-order valence-electron chi connectivity index (χ2n) is 5.79. The molecule has 0 aliphatic heterocycles. The third-order valence-corrected chi connectivity index (χ3v) is 5.38. The SMILES string of the molecule is CC1(C)[C@H]2CC[C@]1(C)[C@@](C)(O)[C@@H]2O. The van der Waals surface area contributed by atoms with E-state index in [-0.39, 0.29) is 16.7 Å². The number of aliphatic hydroxyl groups is 2. The predicted octanol–water partition coefficient (Wildman–Crippen LogP) is 1.55. The minimum absolute atomic E-state index is 0.0654. The molecule has 2 aliphatic rings. The number of aliphatic hydroxyl groups excluding tert-OH is 1. The quantitative estimate of drug-likeness (QED) is 0.599. The van der Waals surface area contributed by atoms with Crippen molar-refractivity contribution in [1.82, 2.24) is 0 Å². The van der Waals surface area contributed by atoms with Gasteiger partial charge in [0.1, 0.15) is 0 Å².